The molecule has 2 unspecified atom stereocenters. The van der Waals surface area contributed by atoms with Gasteiger partial charge in [-0.1, -0.05) is 20.3 Å². The largest absolute Gasteiger partial charge is 0.480 e. The summed E-state index contributed by atoms with van der Waals surface area (Å²) in [6.07, 6.45) is 1.25. The van der Waals surface area contributed by atoms with Crippen LogP contribution in [0.25, 0.3) is 0 Å². The number of carboxylic acid groups (broad SMARTS) is 1. The van der Waals surface area contributed by atoms with Gasteiger partial charge in [0, 0.05) is 19.0 Å². The molecule has 0 aromatic heterocycles. The van der Waals surface area contributed by atoms with Crippen molar-refractivity contribution in [1.29, 1.82) is 0 Å². The van der Waals surface area contributed by atoms with Crippen LogP contribution in [-0.4, -0.2) is 51.8 Å². The van der Waals surface area contributed by atoms with E-state index in [1.165, 1.54) is 4.90 Å². The molecule has 0 aliphatic carbocycles. The number of hydrogen-bond donors (Lipinski definition) is 3. The molecule has 1 fully saturated rings. The number of likely N-dealkylation sites (tertiary alicyclic amines) is 1. The summed E-state index contributed by atoms with van der Waals surface area (Å²) < 4.78 is 0. The topological polar surface area (TPSA) is 89.9 Å². The van der Waals surface area contributed by atoms with Crippen LogP contribution in [0.4, 0.5) is 4.79 Å². The molecule has 1 aliphatic rings. The number of urea groups is 1. The maximum atomic E-state index is 12.0. The number of nitrogens with one attached hydrogen (secondary N) is 1. The van der Waals surface area contributed by atoms with E-state index in [1.807, 2.05) is 6.92 Å². The lowest BCUT2D eigenvalue weighted by Crippen LogP contribution is -2.48. The lowest BCUT2D eigenvalue weighted by Gasteiger charge is -2.25. The van der Waals surface area contributed by atoms with E-state index in [-0.39, 0.29) is 19.0 Å². The maximum absolute atomic E-state index is 12.0. The van der Waals surface area contributed by atoms with Gasteiger partial charge in [-0.25, -0.2) is 9.59 Å². The van der Waals surface area contributed by atoms with E-state index in [1.54, 1.807) is 0 Å². The molecule has 0 spiro atoms. The summed E-state index contributed by atoms with van der Waals surface area (Å²) in [4.78, 5) is 24.3. The standard InChI is InChI=1S/C13H24N2O4/c1-4-8(2)5-9(3)14-13(19)15-7-10(16)6-11(15)12(17)18/h8-11,16H,4-7H2,1-3H3,(H,14,19)(H,17,18)/t8?,9?,10-,11+/m1/s1. The molecule has 0 saturated carbocycles. The van der Waals surface area contributed by atoms with Gasteiger partial charge in [-0.05, 0) is 19.3 Å². The second-order valence-electron chi connectivity index (χ2n) is 5.50. The van der Waals surface area contributed by atoms with Crippen LogP contribution in [0.2, 0.25) is 0 Å². The third-order valence-corrected chi connectivity index (χ3v) is 3.65. The molecule has 1 heterocycles. The van der Waals surface area contributed by atoms with E-state index in [0.717, 1.165) is 12.8 Å². The molecular weight excluding hydrogens is 248 g/mol. The van der Waals surface area contributed by atoms with Crippen molar-refractivity contribution >= 4 is 12.0 Å². The van der Waals surface area contributed by atoms with Crippen LogP contribution < -0.4 is 5.32 Å². The van der Waals surface area contributed by atoms with Crippen LogP contribution >= 0.6 is 0 Å². The third-order valence-electron chi connectivity index (χ3n) is 3.65. The Morgan fingerprint density at radius 1 is 1.42 bits per heavy atom. The molecule has 3 N–H and O–H groups in total. The van der Waals surface area contributed by atoms with Gasteiger partial charge in [-0.3, -0.25) is 0 Å². The first-order chi connectivity index (χ1) is 8.85. The third kappa shape index (κ3) is 4.38. The van der Waals surface area contributed by atoms with Crippen molar-refractivity contribution in [3.63, 3.8) is 0 Å². The van der Waals surface area contributed by atoms with Gasteiger partial charge in [0.05, 0.1) is 6.10 Å². The Morgan fingerprint density at radius 2 is 2.05 bits per heavy atom. The van der Waals surface area contributed by atoms with Crippen LogP contribution in [0.3, 0.4) is 0 Å². The number of aliphatic hydroxyl groups excluding tert-OH is 1. The second-order valence-corrected chi connectivity index (χ2v) is 5.50. The first kappa shape index (κ1) is 15.8. The maximum Gasteiger partial charge on any atom is 0.326 e. The average molecular weight is 272 g/mol. The highest BCUT2D eigenvalue weighted by Gasteiger charge is 2.39. The summed E-state index contributed by atoms with van der Waals surface area (Å²) in [5.74, 6) is -0.559. The first-order valence-corrected chi connectivity index (χ1v) is 6.83. The number of β-amino-alcohol motifs (C(OH)–C–C–N with tert-alkyl or cyclic N) is 1. The normalized spacial score (nSPS) is 26.0. The second kappa shape index (κ2) is 6.75. The fourth-order valence-electron chi connectivity index (χ4n) is 2.40. The lowest BCUT2D eigenvalue weighted by molar-refractivity contribution is -0.141. The fourth-order valence-corrected chi connectivity index (χ4v) is 2.40. The molecule has 110 valence electrons. The van der Waals surface area contributed by atoms with Crippen molar-refractivity contribution in [2.24, 2.45) is 5.92 Å². The molecule has 6 heteroatoms. The molecule has 4 atom stereocenters. The average Bonchev–Trinajstić information content (AvgIpc) is 2.71. The van der Waals surface area contributed by atoms with Crippen LogP contribution in [0.15, 0.2) is 0 Å². The quantitative estimate of drug-likeness (QED) is 0.697. The highest BCUT2D eigenvalue weighted by Crippen LogP contribution is 2.18. The molecule has 1 saturated heterocycles. The van der Waals surface area contributed by atoms with E-state index in [4.69, 9.17) is 5.11 Å². The summed E-state index contributed by atoms with van der Waals surface area (Å²) in [5.41, 5.74) is 0. The Kier molecular flexibility index (Phi) is 5.60. The van der Waals surface area contributed by atoms with Crippen molar-refractivity contribution in [2.45, 2.75) is 58.2 Å². The minimum atomic E-state index is -1.07. The van der Waals surface area contributed by atoms with Gasteiger partial charge in [-0.2, -0.15) is 0 Å². The van der Waals surface area contributed by atoms with Crippen LogP contribution in [0, 0.1) is 5.92 Å². The fraction of sp³-hybridized carbons (Fsp3) is 0.846. The Morgan fingerprint density at radius 3 is 2.58 bits per heavy atom. The van der Waals surface area contributed by atoms with Crippen LogP contribution in [0.1, 0.15) is 40.0 Å². The van der Waals surface area contributed by atoms with Gasteiger partial charge in [0.15, 0.2) is 0 Å². The predicted octanol–water partition coefficient (Wildman–Crippen LogP) is 1.04. The van der Waals surface area contributed by atoms with Gasteiger partial charge in [-0.15, -0.1) is 0 Å². The van der Waals surface area contributed by atoms with E-state index in [9.17, 15) is 14.7 Å². The SMILES string of the molecule is CCC(C)CC(C)NC(=O)N1C[C@H](O)C[C@H]1C(=O)O. The van der Waals surface area contributed by atoms with Crippen molar-refractivity contribution in [3.05, 3.63) is 0 Å². The zero-order valence-electron chi connectivity index (χ0n) is 11.8. The molecule has 0 aromatic rings. The number of nitrogens with zero attached hydrogens (tertiary/aromatic N) is 1. The Labute approximate surface area is 113 Å². The minimum absolute atomic E-state index is 0.00497. The van der Waals surface area contributed by atoms with Crippen molar-refractivity contribution in [2.75, 3.05) is 6.54 Å². The van der Waals surface area contributed by atoms with Crippen molar-refractivity contribution < 1.29 is 19.8 Å². The van der Waals surface area contributed by atoms with Crippen LogP contribution in [0.5, 0.6) is 0 Å². The number of aliphatic hydroxyl groups is 1. The van der Waals surface area contributed by atoms with Crippen molar-refractivity contribution in [1.82, 2.24) is 10.2 Å². The Hall–Kier alpha value is -1.30. The van der Waals surface area contributed by atoms with Crippen molar-refractivity contribution in [3.8, 4) is 0 Å². The van der Waals surface area contributed by atoms with Crippen LogP contribution in [-0.2, 0) is 4.79 Å². The molecule has 6 nitrogen and oxygen atoms in total. The van der Waals surface area contributed by atoms with E-state index < -0.39 is 24.1 Å². The number of carbonyl (C=O) groups excluding carboxylic acids is 1. The summed E-state index contributed by atoms with van der Waals surface area (Å²) in [7, 11) is 0. The summed E-state index contributed by atoms with van der Waals surface area (Å²) >= 11 is 0. The summed E-state index contributed by atoms with van der Waals surface area (Å²) in [6.45, 7) is 6.20. The van der Waals surface area contributed by atoms with Gasteiger partial charge < -0.3 is 20.4 Å². The molecule has 1 aliphatic heterocycles. The molecule has 1 rings (SSSR count). The molecule has 2 amide bonds. The predicted molar refractivity (Wildman–Crippen MR) is 70.8 cm³/mol. The number of rotatable bonds is 5. The first-order valence-electron chi connectivity index (χ1n) is 6.83. The lowest BCUT2D eigenvalue weighted by atomic mass is 10.0. The highest BCUT2D eigenvalue weighted by molar-refractivity contribution is 5.83. The molecule has 0 radical (unpaired) electrons. The smallest absolute Gasteiger partial charge is 0.326 e. The van der Waals surface area contributed by atoms with Gasteiger partial charge in [0.25, 0.3) is 0 Å². The number of hydrogen-bond acceptors (Lipinski definition) is 3. The number of aliphatic carboxylic acids is 1. The summed E-state index contributed by atoms with van der Waals surface area (Å²) in [6, 6.07) is -1.33. The summed E-state index contributed by atoms with van der Waals surface area (Å²) in [5, 5.41) is 21.3. The van der Waals surface area contributed by atoms with Gasteiger partial charge >= 0.3 is 12.0 Å². The molecule has 19 heavy (non-hydrogen) atoms. The van der Waals surface area contributed by atoms with Gasteiger partial charge in [0.2, 0.25) is 0 Å². The minimum Gasteiger partial charge on any atom is -0.480 e. The zero-order chi connectivity index (χ0) is 14.6. The zero-order valence-corrected chi connectivity index (χ0v) is 11.8. The van der Waals surface area contributed by atoms with E-state index in [2.05, 4.69) is 19.2 Å². The number of carbonyl (C=O) groups is 2. The highest BCUT2D eigenvalue weighted by atomic mass is 16.4. The molecule has 0 bridgehead atoms. The molecule has 0 aromatic carbocycles. The molecular formula is C13H24N2O4. The van der Waals surface area contributed by atoms with E-state index >= 15 is 0 Å². The van der Waals surface area contributed by atoms with E-state index in [0.29, 0.717) is 5.92 Å². The number of amides is 2. The monoisotopic (exact) mass is 272 g/mol. The number of carboxylic acids is 1. The Bertz CT molecular complexity index is 335. The Balaban J connectivity index is 2.54. The van der Waals surface area contributed by atoms with Gasteiger partial charge in [0.1, 0.15) is 6.04 Å².